The molecule has 1 aliphatic rings. The molecule has 1 heterocycles. The molecule has 1 aliphatic heterocycles. The van der Waals surface area contributed by atoms with Crippen molar-refractivity contribution in [1.82, 2.24) is 5.32 Å². The van der Waals surface area contributed by atoms with Gasteiger partial charge in [0.05, 0.1) is 11.1 Å². The Morgan fingerprint density at radius 3 is 2.61 bits per heavy atom. The number of carbonyl (C=O) groups is 1. The van der Waals surface area contributed by atoms with Crippen molar-refractivity contribution < 1.29 is 13.9 Å². The number of morpholine rings is 1. The van der Waals surface area contributed by atoms with Crippen LogP contribution in [0.3, 0.4) is 0 Å². The van der Waals surface area contributed by atoms with E-state index in [1.807, 2.05) is 12.1 Å². The van der Waals surface area contributed by atoms with Crippen molar-refractivity contribution >= 4 is 29.1 Å². The number of ether oxygens (including phenoxy) is 1. The summed E-state index contributed by atoms with van der Waals surface area (Å²) < 4.78 is 19.6. The first-order valence-electron chi connectivity index (χ1n) is 7.12. The van der Waals surface area contributed by atoms with Crippen LogP contribution in [0.4, 0.5) is 4.39 Å². The predicted octanol–water partition coefficient (Wildman–Crippen LogP) is 4.45. The van der Waals surface area contributed by atoms with Crippen LogP contribution >= 0.6 is 23.2 Å². The van der Waals surface area contributed by atoms with E-state index in [2.05, 4.69) is 5.32 Å². The summed E-state index contributed by atoms with van der Waals surface area (Å²) in [6, 6.07) is 11.1. The summed E-state index contributed by atoms with van der Waals surface area (Å²) in [6.07, 6.45) is -1.07. The first-order valence-corrected chi connectivity index (χ1v) is 7.87. The molecule has 0 aliphatic carbocycles. The number of nitrogens with one attached hydrogen (secondary N) is 1. The number of carbonyl (C=O) groups excluding carboxylic acids is 1. The van der Waals surface area contributed by atoms with E-state index >= 15 is 0 Å². The van der Waals surface area contributed by atoms with Gasteiger partial charge in [-0.05, 0) is 42.3 Å². The molecule has 1 amide bonds. The maximum Gasteiger partial charge on any atom is 0.249 e. The summed E-state index contributed by atoms with van der Waals surface area (Å²) in [4.78, 5) is 12.0. The van der Waals surface area contributed by atoms with E-state index in [-0.39, 0.29) is 10.9 Å². The second kappa shape index (κ2) is 6.48. The van der Waals surface area contributed by atoms with Crippen molar-refractivity contribution in [2.24, 2.45) is 0 Å². The monoisotopic (exact) mass is 353 g/mol. The second-order valence-electron chi connectivity index (χ2n) is 5.41. The van der Waals surface area contributed by atoms with Crippen molar-refractivity contribution in [2.45, 2.75) is 25.2 Å². The summed E-state index contributed by atoms with van der Waals surface area (Å²) in [7, 11) is 0. The largest absolute Gasteiger partial charge is 0.358 e. The molecule has 2 aromatic carbocycles. The zero-order valence-corrected chi connectivity index (χ0v) is 13.7. The van der Waals surface area contributed by atoms with Gasteiger partial charge in [0.25, 0.3) is 0 Å². The number of hydrogen-bond donors (Lipinski definition) is 1. The Balaban J connectivity index is 2.02. The molecular weight excluding hydrogens is 340 g/mol. The average molecular weight is 354 g/mol. The van der Waals surface area contributed by atoms with Crippen LogP contribution in [-0.4, -0.2) is 12.0 Å². The van der Waals surface area contributed by atoms with Gasteiger partial charge in [-0.15, -0.1) is 0 Å². The van der Waals surface area contributed by atoms with Crippen LogP contribution in [0.1, 0.15) is 30.2 Å². The molecule has 3 atom stereocenters. The van der Waals surface area contributed by atoms with Gasteiger partial charge in [-0.3, -0.25) is 4.79 Å². The average Bonchev–Trinajstić information content (AvgIpc) is 2.52. The fraction of sp³-hybridized carbons (Fsp3) is 0.235. The molecule has 23 heavy (non-hydrogen) atoms. The van der Waals surface area contributed by atoms with Crippen molar-refractivity contribution in [2.75, 3.05) is 0 Å². The van der Waals surface area contributed by atoms with Crippen molar-refractivity contribution in [3.05, 3.63) is 69.5 Å². The summed E-state index contributed by atoms with van der Waals surface area (Å²) in [5, 5.41) is 3.48. The minimum atomic E-state index is -0.604. The van der Waals surface area contributed by atoms with E-state index in [9.17, 15) is 9.18 Å². The number of amides is 1. The molecule has 1 saturated heterocycles. The van der Waals surface area contributed by atoms with Gasteiger partial charge in [0.1, 0.15) is 18.0 Å². The Kier molecular flexibility index (Phi) is 4.57. The summed E-state index contributed by atoms with van der Waals surface area (Å²) in [5.74, 6) is -0.787. The van der Waals surface area contributed by atoms with Crippen LogP contribution in [0, 0.1) is 5.82 Å². The van der Waals surface area contributed by atoms with E-state index in [1.165, 1.54) is 12.1 Å². The third-order valence-electron chi connectivity index (χ3n) is 3.80. The second-order valence-corrected chi connectivity index (χ2v) is 6.26. The standard InChI is InChI=1S/C17H14Cl2FNO2/c1-9-17(22)21-15(10-5-6-13(19)14(20)8-10)16(23-9)11-3-2-4-12(18)7-11/h2-9,15-16H,1H3,(H,21,22). The SMILES string of the molecule is CC1OC(c2cccc(Cl)c2)C(c2ccc(Cl)c(F)c2)NC1=O. The molecule has 3 unspecified atom stereocenters. The van der Waals surface area contributed by atoms with Crippen LogP contribution in [0.25, 0.3) is 0 Å². The highest BCUT2D eigenvalue weighted by atomic mass is 35.5. The minimum absolute atomic E-state index is 0.0319. The molecule has 2 aromatic rings. The lowest BCUT2D eigenvalue weighted by molar-refractivity contribution is -0.148. The van der Waals surface area contributed by atoms with Crippen LogP contribution in [0.15, 0.2) is 42.5 Å². The fourth-order valence-electron chi connectivity index (χ4n) is 2.63. The molecule has 120 valence electrons. The molecule has 1 fully saturated rings. The van der Waals surface area contributed by atoms with Crippen LogP contribution in [-0.2, 0) is 9.53 Å². The first kappa shape index (κ1) is 16.2. The molecule has 0 spiro atoms. The van der Waals surface area contributed by atoms with E-state index < -0.39 is 24.1 Å². The number of halogens is 3. The molecule has 0 aromatic heterocycles. The van der Waals surface area contributed by atoms with Crippen LogP contribution in [0.2, 0.25) is 10.0 Å². The fourth-order valence-corrected chi connectivity index (χ4v) is 2.94. The smallest absolute Gasteiger partial charge is 0.249 e. The van der Waals surface area contributed by atoms with E-state index in [0.717, 1.165) is 5.56 Å². The van der Waals surface area contributed by atoms with Crippen LogP contribution < -0.4 is 5.32 Å². The molecule has 1 N–H and O–H groups in total. The van der Waals surface area contributed by atoms with Gasteiger partial charge in [0.2, 0.25) is 5.91 Å². The zero-order valence-electron chi connectivity index (χ0n) is 12.2. The number of benzene rings is 2. The van der Waals surface area contributed by atoms with Gasteiger partial charge < -0.3 is 10.1 Å². The molecule has 0 bridgehead atoms. The van der Waals surface area contributed by atoms with Crippen LogP contribution in [0.5, 0.6) is 0 Å². The van der Waals surface area contributed by atoms with E-state index in [0.29, 0.717) is 10.6 Å². The highest BCUT2D eigenvalue weighted by Gasteiger charge is 2.36. The Bertz CT molecular complexity index is 753. The number of rotatable bonds is 2. The van der Waals surface area contributed by atoms with Gasteiger partial charge in [-0.1, -0.05) is 41.4 Å². The Labute approximate surface area is 143 Å². The van der Waals surface area contributed by atoms with Gasteiger partial charge in [-0.2, -0.15) is 0 Å². The topological polar surface area (TPSA) is 38.3 Å². The first-order chi connectivity index (χ1) is 11.0. The molecule has 0 radical (unpaired) electrons. The lowest BCUT2D eigenvalue weighted by Crippen LogP contribution is -2.46. The normalized spacial score (nSPS) is 24.3. The van der Waals surface area contributed by atoms with Gasteiger partial charge in [-0.25, -0.2) is 4.39 Å². The predicted molar refractivity (Wildman–Crippen MR) is 87.0 cm³/mol. The quantitative estimate of drug-likeness (QED) is 0.865. The highest BCUT2D eigenvalue weighted by Crippen LogP contribution is 2.37. The van der Waals surface area contributed by atoms with Gasteiger partial charge in [0, 0.05) is 5.02 Å². The maximum absolute atomic E-state index is 13.8. The minimum Gasteiger partial charge on any atom is -0.358 e. The van der Waals surface area contributed by atoms with Gasteiger partial charge in [0.15, 0.2) is 0 Å². The summed E-state index contributed by atoms with van der Waals surface area (Å²) in [6.45, 7) is 1.67. The molecule has 3 rings (SSSR count). The van der Waals surface area contributed by atoms with Crippen molar-refractivity contribution in [1.29, 1.82) is 0 Å². The maximum atomic E-state index is 13.8. The zero-order chi connectivity index (χ0) is 16.6. The molecule has 3 nitrogen and oxygen atoms in total. The third kappa shape index (κ3) is 3.34. The molecular formula is C17H14Cl2FNO2. The summed E-state index contributed by atoms with van der Waals surface area (Å²) in [5.41, 5.74) is 1.39. The molecule has 6 heteroatoms. The Hall–Kier alpha value is -1.62. The highest BCUT2D eigenvalue weighted by molar-refractivity contribution is 6.31. The van der Waals surface area contributed by atoms with Gasteiger partial charge >= 0.3 is 0 Å². The van der Waals surface area contributed by atoms with Crippen molar-refractivity contribution in [3.63, 3.8) is 0 Å². The Morgan fingerprint density at radius 2 is 1.91 bits per heavy atom. The third-order valence-corrected chi connectivity index (χ3v) is 4.34. The number of hydrogen-bond acceptors (Lipinski definition) is 2. The summed E-state index contributed by atoms with van der Waals surface area (Å²) >= 11 is 11.8. The Morgan fingerprint density at radius 1 is 1.13 bits per heavy atom. The lowest BCUT2D eigenvalue weighted by atomic mass is 9.93. The van der Waals surface area contributed by atoms with E-state index in [4.69, 9.17) is 27.9 Å². The van der Waals surface area contributed by atoms with E-state index in [1.54, 1.807) is 25.1 Å². The lowest BCUT2D eigenvalue weighted by Gasteiger charge is -2.36. The van der Waals surface area contributed by atoms with Crippen molar-refractivity contribution in [3.8, 4) is 0 Å². The molecule has 0 saturated carbocycles.